The van der Waals surface area contributed by atoms with Gasteiger partial charge in [-0.05, 0) is 35.9 Å². The highest BCUT2D eigenvalue weighted by Gasteiger charge is 2.05. The molecule has 104 valence electrons. The Morgan fingerprint density at radius 2 is 1.90 bits per heavy atom. The number of hydrogen-bond donors (Lipinski definition) is 0. The van der Waals surface area contributed by atoms with Crippen LogP contribution in [0.3, 0.4) is 0 Å². The molecule has 0 unspecified atom stereocenters. The van der Waals surface area contributed by atoms with Gasteiger partial charge in [-0.1, -0.05) is 30.3 Å². The van der Waals surface area contributed by atoms with E-state index in [1.54, 1.807) is 35.9 Å². The molecule has 4 heteroatoms. The molecule has 0 saturated heterocycles. The van der Waals surface area contributed by atoms with Gasteiger partial charge in [-0.3, -0.25) is 4.79 Å². The van der Waals surface area contributed by atoms with Crippen LogP contribution >= 0.6 is 0 Å². The molecular weight excluding hydrogens is 267 g/mol. The predicted molar refractivity (Wildman–Crippen MR) is 82.3 cm³/mol. The molecule has 0 aliphatic heterocycles. The largest absolute Gasteiger partial charge is 0.308 e. The van der Waals surface area contributed by atoms with Crippen molar-refractivity contribution in [1.82, 2.24) is 9.55 Å². The van der Waals surface area contributed by atoms with E-state index in [0.717, 1.165) is 11.0 Å². The van der Waals surface area contributed by atoms with E-state index in [2.05, 4.69) is 4.98 Å². The lowest BCUT2D eigenvalue weighted by Gasteiger charge is -2.05. The van der Waals surface area contributed by atoms with Crippen LogP contribution < -0.4 is 5.56 Å². The van der Waals surface area contributed by atoms with Crippen LogP contribution in [0.1, 0.15) is 11.3 Å². The van der Waals surface area contributed by atoms with Crippen molar-refractivity contribution in [3.8, 4) is 0 Å². The molecule has 0 aliphatic carbocycles. The van der Waals surface area contributed by atoms with Crippen LogP contribution in [0, 0.1) is 5.82 Å². The van der Waals surface area contributed by atoms with Crippen LogP contribution in [0.4, 0.5) is 4.39 Å². The smallest absolute Gasteiger partial charge is 0.276 e. The van der Waals surface area contributed by atoms with Crippen molar-refractivity contribution in [2.45, 2.75) is 0 Å². The van der Waals surface area contributed by atoms with Gasteiger partial charge in [-0.25, -0.2) is 9.37 Å². The maximum atomic E-state index is 13.1. The maximum absolute atomic E-state index is 13.1. The number of nitrogens with zero attached hydrogens (tertiary/aromatic N) is 2. The molecule has 3 nitrogen and oxygen atoms in total. The molecule has 0 amide bonds. The molecule has 1 aromatic heterocycles. The third-order valence-corrected chi connectivity index (χ3v) is 3.29. The third kappa shape index (κ3) is 2.60. The Morgan fingerprint density at radius 3 is 2.71 bits per heavy atom. The fourth-order valence-corrected chi connectivity index (χ4v) is 2.20. The van der Waals surface area contributed by atoms with E-state index in [0.29, 0.717) is 11.3 Å². The van der Waals surface area contributed by atoms with Gasteiger partial charge in [0.25, 0.3) is 5.56 Å². The molecule has 0 aliphatic rings. The molecule has 0 atom stereocenters. The van der Waals surface area contributed by atoms with Crippen LogP contribution in [0.2, 0.25) is 0 Å². The van der Waals surface area contributed by atoms with Crippen molar-refractivity contribution in [1.29, 1.82) is 0 Å². The predicted octanol–water partition coefficient (Wildman–Crippen LogP) is 3.24. The summed E-state index contributed by atoms with van der Waals surface area (Å²) >= 11 is 0. The zero-order valence-corrected chi connectivity index (χ0v) is 11.5. The Balaban J connectivity index is 2.09. The molecule has 0 bridgehead atoms. The van der Waals surface area contributed by atoms with Gasteiger partial charge in [0.15, 0.2) is 0 Å². The van der Waals surface area contributed by atoms with E-state index in [1.807, 2.05) is 24.3 Å². The van der Waals surface area contributed by atoms with E-state index < -0.39 is 0 Å². The van der Waals surface area contributed by atoms with Crippen molar-refractivity contribution in [3.63, 3.8) is 0 Å². The Kier molecular flexibility index (Phi) is 3.36. The molecule has 0 saturated carbocycles. The Morgan fingerprint density at radius 1 is 1.10 bits per heavy atom. The van der Waals surface area contributed by atoms with Crippen molar-refractivity contribution in [3.05, 3.63) is 76.0 Å². The number of hydrogen-bond acceptors (Lipinski definition) is 2. The lowest BCUT2D eigenvalue weighted by atomic mass is 10.2. The molecule has 21 heavy (non-hydrogen) atoms. The first-order valence-corrected chi connectivity index (χ1v) is 6.54. The standard InChI is InChI=1S/C17H13FN2O/c1-20-16-8-3-2-7-14(16)19-15(17(20)21)10-9-12-5-4-6-13(18)11-12/h2-11H,1H3/b10-9-. The van der Waals surface area contributed by atoms with Gasteiger partial charge < -0.3 is 4.57 Å². The van der Waals surface area contributed by atoms with Crippen LogP contribution in [-0.2, 0) is 7.05 Å². The van der Waals surface area contributed by atoms with Gasteiger partial charge in [-0.15, -0.1) is 0 Å². The van der Waals surface area contributed by atoms with Crippen molar-refractivity contribution in [2.75, 3.05) is 0 Å². The van der Waals surface area contributed by atoms with Crippen LogP contribution in [-0.4, -0.2) is 9.55 Å². The molecule has 3 rings (SSSR count). The minimum Gasteiger partial charge on any atom is -0.308 e. The third-order valence-electron chi connectivity index (χ3n) is 3.29. The summed E-state index contributed by atoms with van der Waals surface area (Å²) in [6.07, 6.45) is 3.30. The topological polar surface area (TPSA) is 34.9 Å². The van der Waals surface area contributed by atoms with E-state index in [4.69, 9.17) is 0 Å². The molecule has 1 heterocycles. The van der Waals surface area contributed by atoms with Crippen molar-refractivity contribution < 1.29 is 4.39 Å². The molecule has 3 aromatic rings. The van der Waals surface area contributed by atoms with Gasteiger partial charge >= 0.3 is 0 Å². The van der Waals surface area contributed by atoms with Crippen molar-refractivity contribution >= 4 is 23.2 Å². The number of aromatic nitrogens is 2. The first kappa shape index (κ1) is 13.2. The number of para-hydroxylation sites is 2. The van der Waals surface area contributed by atoms with E-state index in [9.17, 15) is 9.18 Å². The maximum Gasteiger partial charge on any atom is 0.276 e. The lowest BCUT2D eigenvalue weighted by molar-refractivity contribution is 0.627. The zero-order chi connectivity index (χ0) is 14.8. The number of fused-ring (bicyclic) bond motifs is 1. The highest BCUT2D eigenvalue weighted by Crippen LogP contribution is 2.11. The fourth-order valence-electron chi connectivity index (χ4n) is 2.20. The Bertz CT molecular complexity index is 897. The second-order valence-electron chi connectivity index (χ2n) is 4.74. The summed E-state index contributed by atoms with van der Waals surface area (Å²) in [4.78, 5) is 16.6. The molecule has 0 spiro atoms. The average molecular weight is 280 g/mol. The molecule has 2 aromatic carbocycles. The average Bonchev–Trinajstić information content (AvgIpc) is 2.50. The number of rotatable bonds is 2. The summed E-state index contributed by atoms with van der Waals surface area (Å²) in [7, 11) is 1.71. The summed E-state index contributed by atoms with van der Waals surface area (Å²) in [6.45, 7) is 0. The second kappa shape index (κ2) is 5.32. The quantitative estimate of drug-likeness (QED) is 0.722. The summed E-state index contributed by atoms with van der Waals surface area (Å²) in [5.41, 5.74) is 2.37. The van der Waals surface area contributed by atoms with Crippen LogP contribution in [0.5, 0.6) is 0 Å². The number of benzene rings is 2. The summed E-state index contributed by atoms with van der Waals surface area (Å²) in [5.74, 6) is -0.309. The first-order valence-electron chi connectivity index (χ1n) is 6.54. The van der Waals surface area contributed by atoms with Gasteiger partial charge in [0.05, 0.1) is 11.0 Å². The number of aryl methyl sites for hydroxylation is 1. The van der Waals surface area contributed by atoms with Crippen LogP contribution in [0.25, 0.3) is 23.2 Å². The highest BCUT2D eigenvalue weighted by atomic mass is 19.1. The molecule has 0 radical (unpaired) electrons. The molecule has 0 N–H and O–H groups in total. The summed E-state index contributed by atoms with van der Waals surface area (Å²) in [5, 5.41) is 0. The minimum atomic E-state index is -0.309. The second-order valence-corrected chi connectivity index (χ2v) is 4.74. The van der Waals surface area contributed by atoms with E-state index in [-0.39, 0.29) is 11.4 Å². The highest BCUT2D eigenvalue weighted by molar-refractivity contribution is 5.77. The van der Waals surface area contributed by atoms with Gasteiger partial charge in [0.1, 0.15) is 11.5 Å². The number of halogens is 1. The Labute approximate surface area is 121 Å². The van der Waals surface area contributed by atoms with E-state index >= 15 is 0 Å². The molecule has 0 fully saturated rings. The van der Waals surface area contributed by atoms with Crippen molar-refractivity contribution in [2.24, 2.45) is 7.05 Å². The van der Waals surface area contributed by atoms with Gasteiger partial charge in [-0.2, -0.15) is 0 Å². The summed E-state index contributed by atoms with van der Waals surface area (Å²) < 4.78 is 14.7. The van der Waals surface area contributed by atoms with E-state index in [1.165, 1.54) is 12.1 Å². The van der Waals surface area contributed by atoms with Crippen LogP contribution in [0.15, 0.2) is 53.3 Å². The summed E-state index contributed by atoms with van der Waals surface area (Å²) in [6, 6.07) is 13.6. The van der Waals surface area contributed by atoms with Gasteiger partial charge in [0.2, 0.25) is 0 Å². The monoisotopic (exact) mass is 280 g/mol. The fraction of sp³-hybridized carbons (Fsp3) is 0.0588. The normalized spacial score (nSPS) is 11.3. The zero-order valence-electron chi connectivity index (χ0n) is 11.5. The minimum absolute atomic E-state index is 0.179. The molecular formula is C17H13FN2O. The first-order chi connectivity index (χ1) is 10.1. The Hall–Kier alpha value is -2.75. The lowest BCUT2D eigenvalue weighted by Crippen LogP contribution is -2.21. The van der Waals surface area contributed by atoms with Gasteiger partial charge in [0, 0.05) is 7.05 Å². The SMILES string of the molecule is Cn1c(=O)c(/C=C\c2cccc(F)c2)nc2ccccc21.